The van der Waals surface area contributed by atoms with Crippen molar-refractivity contribution >= 4 is 40.6 Å². The van der Waals surface area contributed by atoms with E-state index in [0.29, 0.717) is 28.0 Å². The van der Waals surface area contributed by atoms with Crippen LogP contribution in [0.25, 0.3) is 0 Å². The summed E-state index contributed by atoms with van der Waals surface area (Å²) in [4.78, 5) is 13.8. The summed E-state index contributed by atoms with van der Waals surface area (Å²) >= 11 is 17.9. The number of fused-ring (bicyclic) bond motifs is 3. The van der Waals surface area contributed by atoms with Gasteiger partial charge in [-0.15, -0.1) is 23.2 Å². The van der Waals surface area contributed by atoms with Gasteiger partial charge >= 0.3 is 0 Å². The highest BCUT2D eigenvalue weighted by atomic mass is 35.5. The first-order chi connectivity index (χ1) is 17.0. The molecule has 3 aromatic carbocycles. The highest BCUT2D eigenvalue weighted by Crippen LogP contribution is 2.67. The second kappa shape index (κ2) is 9.55. The van der Waals surface area contributed by atoms with E-state index in [1.165, 1.54) is 0 Å². The molecule has 1 aliphatic heterocycles. The highest BCUT2D eigenvalue weighted by Gasteiger charge is 2.74. The summed E-state index contributed by atoms with van der Waals surface area (Å²) in [7, 11) is 0. The summed E-state index contributed by atoms with van der Waals surface area (Å²) in [6.45, 7) is 0.445. The molecule has 3 unspecified atom stereocenters. The van der Waals surface area contributed by atoms with Crippen LogP contribution in [0.4, 0.5) is 0 Å². The van der Waals surface area contributed by atoms with E-state index in [2.05, 4.69) is 0 Å². The predicted octanol–water partition coefficient (Wildman–Crippen LogP) is 5.81. The Balaban J connectivity index is 1.76. The van der Waals surface area contributed by atoms with E-state index in [1.807, 2.05) is 30.3 Å². The number of alkyl halides is 2. The number of carbonyl (C=O) groups is 1. The van der Waals surface area contributed by atoms with Crippen molar-refractivity contribution in [3.05, 3.63) is 88.4 Å². The second-order valence-electron chi connectivity index (χ2n) is 8.52. The lowest BCUT2D eigenvalue weighted by atomic mass is 9.71. The fourth-order valence-electron chi connectivity index (χ4n) is 5.29. The molecule has 0 bridgehead atoms. The van der Waals surface area contributed by atoms with Crippen molar-refractivity contribution in [2.45, 2.75) is 23.5 Å². The number of hydrogen-bond donors (Lipinski definition) is 1. The average molecular weight is 534 g/mol. The van der Waals surface area contributed by atoms with Crippen LogP contribution in [-0.2, 0) is 16.0 Å². The Hall–Kier alpha value is -2.44. The number of Topliss-reactive ketones (excluding diaryl/α,β-unsaturated/α-hetero) is 1. The summed E-state index contributed by atoms with van der Waals surface area (Å²) in [6.07, 6.45) is 0.0853. The molecule has 3 aromatic rings. The van der Waals surface area contributed by atoms with Gasteiger partial charge in [-0.3, -0.25) is 4.79 Å². The van der Waals surface area contributed by atoms with Gasteiger partial charge in [-0.05, 0) is 23.3 Å². The van der Waals surface area contributed by atoms with Crippen LogP contribution in [0, 0.1) is 0 Å². The third-order valence-electron chi connectivity index (χ3n) is 6.65. The Kier molecular flexibility index (Phi) is 6.62. The van der Waals surface area contributed by atoms with Crippen LogP contribution < -0.4 is 14.2 Å². The van der Waals surface area contributed by atoms with Crippen LogP contribution in [0.5, 0.6) is 17.2 Å². The summed E-state index contributed by atoms with van der Waals surface area (Å²) < 4.78 is 18.3. The standard InChI is InChI=1S/C27H23Cl3O5/c28-10-12-33-20-14-22(34-13-11-29)25-23(15-20)35-27(18-6-8-19(30)9-7-18)21(16-24(31)26(25,27)32)17-4-2-1-3-5-17/h1-9,14-15,21,32H,10-13,16H2. The van der Waals surface area contributed by atoms with Gasteiger partial charge in [0.15, 0.2) is 17.0 Å². The zero-order chi connectivity index (χ0) is 24.6. The van der Waals surface area contributed by atoms with Crippen molar-refractivity contribution in [2.24, 2.45) is 0 Å². The van der Waals surface area contributed by atoms with Gasteiger partial charge in [-0.1, -0.05) is 54.1 Å². The van der Waals surface area contributed by atoms with Crippen molar-refractivity contribution in [1.29, 1.82) is 0 Å². The van der Waals surface area contributed by atoms with Gasteiger partial charge in [0.1, 0.15) is 30.5 Å². The minimum Gasteiger partial charge on any atom is -0.492 e. The molecule has 1 aliphatic carbocycles. The number of aliphatic hydroxyl groups is 1. The molecule has 0 spiro atoms. The maximum Gasteiger partial charge on any atom is 0.200 e. The number of ketones is 1. The number of ether oxygens (including phenoxy) is 3. The molecule has 182 valence electrons. The molecule has 5 nitrogen and oxygen atoms in total. The fraction of sp³-hybridized carbons (Fsp3) is 0.296. The van der Waals surface area contributed by atoms with E-state index in [4.69, 9.17) is 49.0 Å². The first-order valence-corrected chi connectivity index (χ1v) is 12.7. The summed E-state index contributed by atoms with van der Waals surface area (Å²) in [6, 6.07) is 19.9. The number of hydrogen-bond acceptors (Lipinski definition) is 5. The zero-order valence-electron chi connectivity index (χ0n) is 18.7. The molecule has 1 saturated carbocycles. The maximum absolute atomic E-state index is 13.8. The van der Waals surface area contributed by atoms with Crippen LogP contribution in [0.15, 0.2) is 66.7 Å². The summed E-state index contributed by atoms with van der Waals surface area (Å²) in [5, 5.41) is 13.0. The number of rotatable bonds is 8. The van der Waals surface area contributed by atoms with Crippen molar-refractivity contribution in [2.75, 3.05) is 25.0 Å². The molecule has 1 N–H and O–H groups in total. The lowest BCUT2D eigenvalue weighted by Crippen LogP contribution is -2.50. The third-order valence-corrected chi connectivity index (χ3v) is 7.21. The monoisotopic (exact) mass is 532 g/mol. The normalized spacial score (nSPS) is 24.6. The fourth-order valence-corrected chi connectivity index (χ4v) is 5.57. The highest BCUT2D eigenvalue weighted by molar-refractivity contribution is 6.30. The molecule has 35 heavy (non-hydrogen) atoms. The van der Waals surface area contributed by atoms with Crippen molar-refractivity contribution in [3.63, 3.8) is 0 Å². The van der Waals surface area contributed by atoms with Gasteiger partial charge < -0.3 is 19.3 Å². The topological polar surface area (TPSA) is 65.0 Å². The first kappa shape index (κ1) is 24.3. The van der Waals surface area contributed by atoms with Crippen LogP contribution in [0.2, 0.25) is 5.02 Å². The van der Waals surface area contributed by atoms with Crippen molar-refractivity contribution in [1.82, 2.24) is 0 Å². The SMILES string of the molecule is O=C1CC(c2ccccc2)C2(c3ccc(Cl)cc3)Oc3cc(OCCCl)cc(OCCCl)c3C12O. The van der Waals surface area contributed by atoms with Crippen molar-refractivity contribution in [3.8, 4) is 17.2 Å². The second-order valence-corrected chi connectivity index (χ2v) is 9.71. The minimum atomic E-state index is -2.01. The number of carbonyl (C=O) groups excluding carboxylic acids is 1. The molecular weight excluding hydrogens is 511 g/mol. The number of benzene rings is 3. The van der Waals surface area contributed by atoms with E-state index >= 15 is 0 Å². The molecule has 0 aromatic heterocycles. The van der Waals surface area contributed by atoms with E-state index < -0.39 is 17.1 Å². The number of halogens is 3. The molecule has 0 saturated heterocycles. The van der Waals surface area contributed by atoms with Gasteiger partial charge in [0.2, 0.25) is 0 Å². The zero-order valence-corrected chi connectivity index (χ0v) is 20.9. The van der Waals surface area contributed by atoms with E-state index in [9.17, 15) is 9.90 Å². The predicted molar refractivity (Wildman–Crippen MR) is 135 cm³/mol. The average Bonchev–Trinajstić information content (AvgIpc) is 3.27. The Morgan fingerprint density at radius 2 is 1.66 bits per heavy atom. The van der Waals surface area contributed by atoms with Gasteiger partial charge in [0.05, 0.1) is 17.3 Å². The lowest BCUT2D eigenvalue weighted by molar-refractivity contribution is -0.151. The van der Waals surface area contributed by atoms with E-state index in [0.717, 1.165) is 5.56 Å². The molecule has 3 atom stereocenters. The molecular formula is C27H23Cl3O5. The minimum absolute atomic E-state index is 0.0853. The first-order valence-electron chi connectivity index (χ1n) is 11.3. The Morgan fingerprint density at radius 3 is 2.34 bits per heavy atom. The summed E-state index contributed by atoms with van der Waals surface area (Å²) in [5.74, 6) is 0.744. The smallest absolute Gasteiger partial charge is 0.200 e. The van der Waals surface area contributed by atoms with Gasteiger partial charge in [0.25, 0.3) is 0 Å². The van der Waals surface area contributed by atoms with E-state index in [-0.39, 0.29) is 42.6 Å². The van der Waals surface area contributed by atoms with Crippen LogP contribution in [-0.4, -0.2) is 35.9 Å². The van der Waals surface area contributed by atoms with Crippen LogP contribution in [0.1, 0.15) is 29.0 Å². The molecule has 0 radical (unpaired) electrons. The molecule has 8 heteroatoms. The third kappa shape index (κ3) is 3.77. The Bertz CT molecular complexity index is 1230. The van der Waals surface area contributed by atoms with Gasteiger partial charge in [0, 0.05) is 29.5 Å². The van der Waals surface area contributed by atoms with Crippen molar-refractivity contribution < 1.29 is 24.1 Å². The molecule has 2 aliphatic rings. The Labute approximate surface area is 218 Å². The van der Waals surface area contributed by atoms with Crippen LogP contribution >= 0.6 is 34.8 Å². The van der Waals surface area contributed by atoms with E-state index in [1.54, 1.807) is 36.4 Å². The van der Waals surface area contributed by atoms with Gasteiger partial charge in [-0.2, -0.15) is 0 Å². The Morgan fingerprint density at radius 1 is 0.971 bits per heavy atom. The molecule has 5 rings (SSSR count). The lowest BCUT2D eigenvalue weighted by Gasteiger charge is -2.39. The quantitative estimate of drug-likeness (QED) is 0.370. The molecule has 0 amide bonds. The molecule has 1 heterocycles. The van der Waals surface area contributed by atoms with Gasteiger partial charge in [-0.25, -0.2) is 0 Å². The largest absolute Gasteiger partial charge is 0.492 e. The molecule has 1 fully saturated rings. The maximum atomic E-state index is 13.8. The van der Waals surface area contributed by atoms with Crippen LogP contribution in [0.3, 0.4) is 0 Å². The summed E-state index contributed by atoms with van der Waals surface area (Å²) in [5.41, 5.74) is -1.67.